The molecule has 2 aromatic carbocycles. The van der Waals surface area contributed by atoms with Crippen molar-refractivity contribution in [2.75, 3.05) is 5.32 Å². The smallest absolute Gasteiger partial charge is 0.257 e. The van der Waals surface area contributed by atoms with Gasteiger partial charge in [-0.25, -0.2) is 4.98 Å². The molecule has 0 spiro atoms. The molecule has 27 heavy (non-hydrogen) atoms. The summed E-state index contributed by atoms with van der Waals surface area (Å²) < 4.78 is 0. The third-order valence-corrected chi connectivity index (χ3v) is 4.78. The molecule has 0 fully saturated rings. The number of anilines is 1. The number of aryl methyl sites for hydroxylation is 1. The summed E-state index contributed by atoms with van der Waals surface area (Å²) in [5.41, 5.74) is 1.69. The van der Waals surface area contributed by atoms with E-state index in [0.717, 1.165) is 16.9 Å². The average molecular weight is 380 g/mol. The van der Waals surface area contributed by atoms with E-state index in [2.05, 4.69) is 10.3 Å². The molecule has 0 saturated heterocycles. The fraction of sp³-hybridized carbons (Fsp3) is 0.0500. The minimum absolute atomic E-state index is 0.0740. The molecule has 3 N–H and O–H groups in total. The molecule has 6 nitrogen and oxygen atoms in total. The molecule has 0 atom stereocenters. The Morgan fingerprint density at radius 2 is 1.59 bits per heavy atom. The summed E-state index contributed by atoms with van der Waals surface area (Å²) in [5, 5.41) is 21.5. The topological polar surface area (TPSA) is 99.5 Å². The first-order chi connectivity index (χ1) is 12.9. The van der Waals surface area contributed by atoms with Crippen molar-refractivity contribution in [1.29, 1.82) is 0 Å². The highest BCUT2D eigenvalue weighted by Gasteiger charge is 2.15. The maximum Gasteiger partial charge on any atom is 0.257 e. The fourth-order valence-electron chi connectivity index (χ4n) is 2.29. The van der Waals surface area contributed by atoms with E-state index >= 15 is 0 Å². The molecule has 0 aliphatic heterocycles. The summed E-state index contributed by atoms with van der Waals surface area (Å²) in [4.78, 5) is 29.3. The van der Waals surface area contributed by atoms with E-state index in [9.17, 15) is 19.8 Å². The van der Waals surface area contributed by atoms with Gasteiger partial charge in [0, 0.05) is 5.56 Å². The summed E-state index contributed by atoms with van der Waals surface area (Å²) >= 11 is 1.10. The van der Waals surface area contributed by atoms with Crippen LogP contribution in [0.25, 0.3) is 6.08 Å². The van der Waals surface area contributed by atoms with Crippen LogP contribution in [0.4, 0.5) is 5.13 Å². The Hall–Kier alpha value is -3.45. The van der Waals surface area contributed by atoms with Gasteiger partial charge in [0.2, 0.25) is 0 Å². The lowest BCUT2D eigenvalue weighted by Crippen LogP contribution is -2.11. The SMILES string of the molecule is Cc1nc(NC(=O)c2ccc(O)cc2)sc1C(=O)C=Cc1ccc(O)cc1. The highest BCUT2D eigenvalue weighted by molar-refractivity contribution is 7.18. The third-order valence-electron chi connectivity index (χ3n) is 3.69. The normalized spacial score (nSPS) is 10.9. The van der Waals surface area contributed by atoms with Crippen LogP contribution in [0.2, 0.25) is 0 Å². The number of hydrogen-bond donors (Lipinski definition) is 3. The molecule has 136 valence electrons. The molecule has 0 radical (unpaired) electrons. The van der Waals surface area contributed by atoms with Crippen molar-refractivity contribution in [1.82, 2.24) is 4.98 Å². The summed E-state index contributed by atoms with van der Waals surface area (Å²) in [5.74, 6) is -0.360. The van der Waals surface area contributed by atoms with Gasteiger partial charge in [0.15, 0.2) is 10.9 Å². The number of phenols is 2. The molecule has 1 aromatic heterocycles. The Morgan fingerprint density at radius 3 is 2.22 bits per heavy atom. The second-order valence-corrected chi connectivity index (χ2v) is 6.72. The number of aromatic nitrogens is 1. The van der Waals surface area contributed by atoms with Crippen LogP contribution in [-0.2, 0) is 0 Å². The lowest BCUT2D eigenvalue weighted by Gasteiger charge is -2.01. The molecule has 3 aromatic rings. The van der Waals surface area contributed by atoms with Gasteiger partial charge in [-0.3, -0.25) is 14.9 Å². The Labute approximate surface area is 159 Å². The number of rotatable bonds is 5. The van der Waals surface area contributed by atoms with Gasteiger partial charge < -0.3 is 10.2 Å². The second-order valence-electron chi connectivity index (χ2n) is 5.72. The number of aromatic hydroxyl groups is 2. The van der Waals surface area contributed by atoms with E-state index in [4.69, 9.17) is 0 Å². The fourth-order valence-corrected chi connectivity index (χ4v) is 3.18. The van der Waals surface area contributed by atoms with Crippen LogP contribution in [0.15, 0.2) is 54.6 Å². The summed E-state index contributed by atoms with van der Waals surface area (Å²) in [6.07, 6.45) is 3.08. The highest BCUT2D eigenvalue weighted by atomic mass is 32.1. The van der Waals surface area contributed by atoms with E-state index in [1.54, 1.807) is 37.3 Å². The number of thiazole rings is 1. The Kier molecular flexibility index (Phi) is 5.33. The van der Waals surface area contributed by atoms with Gasteiger partial charge in [0.25, 0.3) is 5.91 Å². The summed E-state index contributed by atoms with van der Waals surface area (Å²) in [6, 6.07) is 12.3. The van der Waals surface area contributed by atoms with Crippen LogP contribution in [-0.4, -0.2) is 26.9 Å². The lowest BCUT2D eigenvalue weighted by atomic mass is 10.1. The van der Waals surface area contributed by atoms with Crippen molar-refractivity contribution in [2.24, 2.45) is 0 Å². The molecular formula is C20H16N2O4S. The van der Waals surface area contributed by atoms with Crippen molar-refractivity contribution in [3.63, 3.8) is 0 Å². The minimum atomic E-state index is -0.373. The zero-order chi connectivity index (χ0) is 19.4. The van der Waals surface area contributed by atoms with Crippen LogP contribution >= 0.6 is 11.3 Å². The van der Waals surface area contributed by atoms with Crippen LogP contribution in [0.3, 0.4) is 0 Å². The van der Waals surface area contributed by atoms with Gasteiger partial charge in [-0.1, -0.05) is 29.5 Å². The van der Waals surface area contributed by atoms with Gasteiger partial charge in [-0.05, 0) is 55.0 Å². The predicted molar refractivity (Wildman–Crippen MR) is 104 cm³/mol. The van der Waals surface area contributed by atoms with Gasteiger partial charge in [-0.2, -0.15) is 0 Å². The first-order valence-electron chi connectivity index (χ1n) is 8.01. The van der Waals surface area contributed by atoms with Gasteiger partial charge >= 0.3 is 0 Å². The standard InChI is InChI=1S/C20H16N2O4S/c1-12-18(17(25)11-4-13-2-7-15(23)8-3-13)27-20(21-12)22-19(26)14-5-9-16(24)10-6-14/h2-11,23-24H,1H3,(H,21,22,26). The molecule has 1 amide bonds. The zero-order valence-electron chi connectivity index (χ0n) is 14.3. The van der Waals surface area contributed by atoms with Crippen LogP contribution < -0.4 is 5.32 Å². The molecule has 3 rings (SSSR count). The van der Waals surface area contributed by atoms with Gasteiger partial charge in [0.05, 0.1) is 10.6 Å². The number of amides is 1. The number of phenolic OH excluding ortho intramolecular Hbond substituents is 2. The molecule has 1 heterocycles. The number of ketones is 1. The number of benzene rings is 2. The van der Waals surface area contributed by atoms with Gasteiger partial charge in [0.1, 0.15) is 11.5 Å². The number of nitrogens with zero attached hydrogens (tertiary/aromatic N) is 1. The number of carbonyl (C=O) groups is 2. The molecule has 0 bridgehead atoms. The van der Waals surface area contributed by atoms with Crippen molar-refractivity contribution in [3.05, 3.63) is 76.3 Å². The van der Waals surface area contributed by atoms with Crippen molar-refractivity contribution < 1.29 is 19.8 Å². The van der Waals surface area contributed by atoms with Crippen molar-refractivity contribution in [3.8, 4) is 11.5 Å². The first-order valence-corrected chi connectivity index (χ1v) is 8.83. The first kappa shape index (κ1) is 18.3. The molecule has 0 aliphatic carbocycles. The minimum Gasteiger partial charge on any atom is -0.508 e. The second kappa shape index (κ2) is 7.84. The average Bonchev–Trinajstić information content (AvgIpc) is 3.01. The van der Waals surface area contributed by atoms with Crippen molar-refractivity contribution >= 4 is 34.2 Å². The van der Waals surface area contributed by atoms with Crippen molar-refractivity contribution in [2.45, 2.75) is 6.92 Å². The quantitative estimate of drug-likeness (QED) is 0.459. The number of allylic oxidation sites excluding steroid dienone is 1. The van der Waals surface area contributed by atoms with E-state index in [1.807, 2.05) is 0 Å². The summed E-state index contributed by atoms with van der Waals surface area (Å²) in [6.45, 7) is 1.70. The van der Waals surface area contributed by atoms with E-state index in [0.29, 0.717) is 21.3 Å². The largest absolute Gasteiger partial charge is 0.508 e. The number of hydrogen-bond acceptors (Lipinski definition) is 6. The monoisotopic (exact) mass is 380 g/mol. The van der Waals surface area contributed by atoms with Crippen LogP contribution in [0, 0.1) is 6.92 Å². The molecular weight excluding hydrogens is 364 g/mol. The maximum absolute atomic E-state index is 12.4. The molecule has 0 saturated carbocycles. The zero-order valence-corrected chi connectivity index (χ0v) is 15.2. The summed E-state index contributed by atoms with van der Waals surface area (Å²) in [7, 11) is 0. The number of nitrogens with one attached hydrogen (secondary N) is 1. The maximum atomic E-state index is 12.4. The van der Waals surface area contributed by atoms with Crippen LogP contribution in [0.5, 0.6) is 11.5 Å². The van der Waals surface area contributed by atoms with E-state index < -0.39 is 0 Å². The van der Waals surface area contributed by atoms with E-state index in [-0.39, 0.29) is 23.2 Å². The molecule has 0 unspecified atom stereocenters. The Balaban J connectivity index is 1.71. The van der Waals surface area contributed by atoms with Crippen LogP contribution in [0.1, 0.15) is 31.3 Å². The Bertz CT molecular complexity index is 1010. The molecule has 7 heteroatoms. The number of carbonyl (C=O) groups excluding carboxylic acids is 2. The van der Waals surface area contributed by atoms with E-state index in [1.165, 1.54) is 30.3 Å². The lowest BCUT2D eigenvalue weighted by molar-refractivity contribution is 0.102. The van der Waals surface area contributed by atoms with Gasteiger partial charge in [-0.15, -0.1) is 0 Å². The molecule has 0 aliphatic rings. The highest BCUT2D eigenvalue weighted by Crippen LogP contribution is 2.24. The third kappa shape index (κ3) is 4.59. The predicted octanol–water partition coefficient (Wildman–Crippen LogP) is 4.01. The Morgan fingerprint density at radius 1 is 1.00 bits per heavy atom.